The quantitative estimate of drug-likeness (QED) is 0.628. The molecule has 130 valence electrons. The molecule has 0 aromatic heterocycles. The molecule has 2 unspecified atom stereocenters. The van der Waals surface area contributed by atoms with Crippen LogP contribution in [-0.2, 0) is 14.8 Å². The highest BCUT2D eigenvalue weighted by Crippen LogP contribution is 2.22. The van der Waals surface area contributed by atoms with Gasteiger partial charge in [-0.05, 0) is 43.2 Å². The van der Waals surface area contributed by atoms with Crippen LogP contribution in [0.25, 0.3) is 0 Å². The normalized spacial score (nSPS) is 18.8. The fourth-order valence-corrected chi connectivity index (χ4v) is 3.56. The molecule has 8 heteroatoms. The average Bonchev–Trinajstić information content (AvgIpc) is 2.55. The first-order valence-electron chi connectivity index (χ1n) is 7.35. The van der Waals surface area contributed by atoms with Gasteiger partial charge in [-0.3, -0.25) is 10.0 Å². The second-order valence-electron chi connectivity index (χ2n) is 5.52. The third-order valence-electron chi connectivity index (χ3n) is 3.70. The van der Waals surface area contributed by atoms with Crippen molar-refractivity contribution in [3.63, 3.8) is 0 Å². The van der Waals surface area contributed by atoms with E-state index < -0.39 is 33.8 Å². The summed E-state index contributed by atoms with van der Waals surface area (Å²) in [5.74, 6) is -0.941. The van der Waals surface area contributed by atoms with Crippen molar-refractivity contribution in [2.45, 2.75) is 37.2 Å². The van der Waals surface area contributed by atoms with Gasteiger partial charge in [0.1, 0.15) is 5.83 Å². The molecule has 0 saturated carbocycles. The van der Waals surface area contributed by atoms with Gasteiger partial charge in [-0.2, -0.15) is 0 Å². The van der Waals surface area contributed by atoms with E-state index in [0.717, 1.165) is 0 Å². The number of amides is 1. The third kappa shape index (κ3) is 4.28. The number of nitrogens with zero attached hydrogens (tertiary/aromatic N) is 1. The largest absolute Gasteiger partial charge is 0.285 e. The molecule has 0 radical (unpaired) electrons. The van der Waals surface area contributed by atoms with E-state index in [9.17, 15) is 22.8 Å². The van der Waals surface area contributed by atoms with Crippen molar-refractivity contribution in [3.05, 3.63) is 53.9 Å². The molecule has 0 heterocycles. The van der Waals surface area contributed by atoms with Crippen LogP contribution in [0.4, 0.5) is 4.39 Å². The zero-order valence-electron chi connectivity index (χ0n) is 13.3. The van der Waals surface area contributed by atoms with Gasteiger partial charge < -0.3 is 0 Å². The minimum absolute atomic E-state index is 0.00669. The Morgan fingerprint density at radius 2 is 2.17 bits per heavy atom. The lowest BCUT2D eigenvalue weighted by Gasteiger charge is -2.22. The number of rotatable bonds is 5. The first-order valence-corrected chi connectivity index (χ1v) is 8.84. The number of nitrogens with one attached hydrogen (secondary N) is 1. The predicted octanol–water partition coefficient (Wildman–Crippen LogP) is 2.45. The van der Waals surface area contributed by atoms with E-state index in [0.29, 0.717) is 10.6 Å². The Hall–Kier alpha value is -2.03. The van der Waals surface area contributed by atoms with Crippen molar-refractivity contribution in [1.29, 1.82) is 0 Å². The van der Waals surface area contributed by atoms with Crippen LogP contribution >= 0.6 is 0 Å². The number of hydroxylamine groups is 2. The van der Waals surface area contributed by atoms with E-state index in [1.54, 1.807) is 13.0 Å². The van der Waals surface area contributed by atoms with Crippen LogP contribution in [0.2, 0.25) is 0 Å². The second-order valence-corrected chi connectivity index (χ2v) is 7.24. The van der Waals surface area contributed by atoms with Crippen molar-refractivity contribution in [2.24, 2.45) is 0 Å². The van der Waals surface area contributed by atoms with E-state index >= 15 is 0 Å². The molecule has 6 nitrogen and oxygen atoms in total. The maximum atomic E-state index is 12.9. The van der Waals surface area contributed by atoms with Crippen molar-refractivity contribution in [3.8, 4) is 0 Å². The lowest BCUT2D eigenvalue weighted by molar-refractivity contribution is -0.172. The summed E-state index contributed by atoms with van der Waals surface area (Å²) >= 11 is 0. The van der Waals surface area contributed by atoms with Crippen molar-refractivity contribution in [1.82, 2.24) is 9.79 Å². The number of sulfonamides is 1. The Labute approximate surface area is 140 Å². The molecule has 1 amide bonds. The Balaban J connectivity index is 2.21. The molecule has 2 N–H and O–H groups in total. The van der Waals surface area contributed by atoms with E-state index in [-0.39, 0.29) is 11.3 Å². The van der Waals surface area contributed by atoms with E-state index in [4.69, 9.17) is 0 Å². The van der Waals surface area contributed by atoms with Crippen LogP contribution in [0.15, 0.2) is 53.2 Å². The van der Waals surface area contributed by atoms with E-state index in [1.165, 1.54) is 43.4 Å². The van der Waals surface area contributed by atoms with Gasteiger partial charge in [0.05, 0.1) is 10.9 Å². The van der Waals surface area contributed by atoms with Gasteiger partial charge in [-0.15, -0.1) is 0 Å². The number of hydrogen-bond donors (Lipinski definition) is 2. The summed E-state index contributed by atoms with van der Waals surface area (Å²) in [5.41, 5.74) is 0.473. The molecule has 1 aromatic carbocycles. The summed E-state index contributed by atoms with van der Waals surface area (Å²) in [5, 5.41) is 10.2. The number of allylic oxidation sites excluding steroid dienone is 2. The van der Waals surface area contributed by atoms with Crippen molar-refractivity contribution in [2.75, 3.05) is 0 Å². The molecule has 0 fully saturated rings. The van der Waals surface area contributed by atoms with Crippen LogP contribution in [0.1, 0.15) is 31.9 Å². The standard InChI is InChI=1S/C16H19FN2O4S/c1-11(19(21)12(2)20)13-4-3-5-16(10-13)24(22,23)18-15-8-6-14(17)7-9-15/h3-8,10-11,15,18,21H,9H2,1-2H3. The molecule has 0 aliphatic heterocycles. The monoisotopic (exact) mass is 354 g/mol. The summed E-state index contributed by atoms with van der Waals surface area (Å²) in [4.78, 5) is 11.2. The Morgan fingerprint density at radius 3 is 2.75 bits per heavy atom. The lowest BCUT2D eigenvalue weighted by atomic mass is 10.1. The van der Waals surface area contributed by atoms with Gasteiger partial charge in [-0.1, -0.05) is 18.2 Å². The molecule has 2 rings (SSSR count). The number of halogens is 1. The Bertz CT molecular complexity index is 789. The highest BCUT2D eigenvalue weighted by molar-refractivity contribution is 7.89. The Kier molecular flexibility index (Phi) is 5.53. The fraction of sp³-hybridized carbons (Fsp3) is 0.312. The van der Waals surface area contributed by atoms with Gasteiger partial charge in [-0.25, -0.2) is 22.6 Å². The predicted molar refractivity (Wildman–Crippen MR) is 86.2 cm³/mol. The SMILES string of the molecule is CC(=O)N(O)C(C)c1cccc(S(=O)(=O)NC2C=CC(F)=CC2)c1. The minimum Gasteiger partial charge on any atom is -0.285 e. The molecule has 1 aromatic rings. The maximum absolute atomic E-state index is 12.9. The first kappa shape index (κ1) is 18.3. The molecule has 0 spiro atoms. The van der Waals surface area contributed by atoms with Gasteiger partial charge in [0.2, 0.25) is 15.9 Å². The number of hydrogen-bond acceptors (Lipinski definition) is 4. The molecule has 2 atom stereocenters. The Morgan fingerprint density at radius 1 is 1.46 bits per heavy atom. The van der Waals surface area contributed by atoms with Crippen molar-refractivity contribution >= 4 is 15.9 Å². The minimum atomic E-state index is -3.82. The maximum Gasteiger partial charge on any atom is 0.243 e. The van der Waals surface area contributed by atoms with Gasteiger partial charge in [0.15, 0.2) is 0 Å². The molecule has 0 bridgehead atoms. The summed E-state index contributed by atoms with van der Waals surface area (Å²) in [7, 11) is -3.82. The molecule has 0 saturated heterocycles. The number of carbonyl (C=O) groups excluding carboxylic acids is 1. The lowest BCUT2D eigenvalue weighted by Crippen LogP contribution is -2.34. The van der Waals surface area contributed by atoms with Gasteiger partial charge >= 0.3 is 0 Å². The smallest absolute Gasteiger partial charge is 0.243 e. The van der Waals surface area contributed by atoms with Crippen LogP contribution in [0.3, 0.4) is 0 Å². The molecule has 1 aliphatic rings. The van der Waals surface area contributed by atoms with Crippen LogP contribution in [0, 0.1) is 0 Å². The van der Waals surface area contributed by atoms with Crippen molar-refractivity contribution < 1.29 is 22.8 Å². The number of benzene rings is 1. The highest BCUT2D eigenvalue weighted by atomic mass is 32.2. The fourth-order valence-electron chi connectivity index (χ4n) is 2.30. The number of carbonyl (C=O) groups is 1. The average molecular weight is 354 g/mol. The zero-order chi connectivity index (χ0) is 17.9. The molecule has 1 aliphatic carbocycles. The molecule has 24 heavy (non-hydrogen) atoms. The van der Waals surface area contributed by atoms with Crippen LogP contribution in [-0.4, -0.2) is 30.6 Å². The van der Waals surface area contributed by atoms with E-state index in [2.05, 4.69) is 4.72 Å². The summed E-state index contributed by atoms with van der Waals surface area (Å²) in [6, 6.07) is 4.74. The zero-order valence-corrected chi connectivity index (χ0v) is 14.1. The van der Waals surface area contributed by atoms with Crippen LogP contribution < -0.4 is 4.72 Å². The van der Waals surface area contributed by atoms with Crippen LogP contribution in [0.5, 0.6) is 0 Å². The first-order chi connectivity index (χ1) is 11.2. The van der Waals surface area contributed by atoms with Gasteiger partial charge in [0.25, 0.3) is 0 Å². The third-order valence-corrected chi connectivity index (χ3v) is 5.19. The highest BCUT2D eigenvalue weighted by Gasteiger charge is 2.22. The molecular formula is C16H19FN2O4S. The van der Waals surface area contributed by atoms with E-state index in [1.807, 2.05) is 0 Å². The second kappa shape index (κ2) is 7.25. The topological polar surface area (TPSA) is 86.7 Å². The molecular weight excluding hydrogens is 335 g/mol. The summed E-state index contributed by atoms with van der Waals surface area (Å²) in [6.45, 7) is 2.79. The summed E-state index contributed by atoms with van der Waals surface area (Å²) < 4.78 is 40.3. The van der Waals surface area contributed by atoms with Gasteiger partial charge in [0, 0.05) is 13.0 Å². The summed E-state index contributed by atoms with van der Waals surface area (Å²) in [6.07, 6.45) is 4.20.